The molecule has 0 fully saturated rings. The summed E-state index contributed by atoms with van der Waals surface area (Å²) >= 11 is 0. The number of nitrogens with one attached hydrogen (secondary N) is 1. The highest BCUT2D eigenvalue weighted by atomic mass is 19.1. The van der Waals surface area contributed by atoms with Gasteiger partial charge in [-0.05, 0) is 36.2 Å². The molecule has 1 aromatic heterocycles. The quantitative estimate of drug-likeness (QED) is 0.815. The summed E-state index contributed by atoms with van der Waals surface area (Å²) in [5.74, 6) is -1.32. The van der Waals surface area contributed by atoms with Gasteiger partial charge in [-0.15, -0.1) is 0 Å². The molecule has 0 aliphatic heterocycles. The van der Waals surface area contributed by atoms with Gasteiger partial charge < -0.3 is 10.1 Å². The predicted molar refractivity (Wildman–Crippen MR) is 57.9 cm³/mol. The van der Waals surface area contributed by atoms with Crippen LogP contribution in [0.15, 0.2) is 30.5 Å². The van der Waals surface area contributed by atoms with Gasteiger partial charge in [-0.1, -0.05) is 6.07 Å². The van der Waals surface area contributed by atoms with Crippen LogP contribution >= 0.6 is 0 Å². The Morgan fingerprint density at radius 2 is 2.12 bits per heavy atom. The summed E-state index contributed by atoms with van der Waals surface area (Å²) in [6.45, 7) is 1.64. The topological polar surface area (TPSA) is 53.1 Å². The lowest BCUT2D eigenvalue weighted by atomic mass is 10.0. The van der Waals surface area contributed by atoms with Gasteiger partial charge >= 0.3 is 5.97 Å². The summed E-state index contributed by atoms with van der Waals surface area (Å²) in [7, 11) is 0. The minimum Gasteiger partial charge on any atom is -0.477 e. The molecule has 82 valence electrons. The second-order valence-corrected chi connectivity index (χ2v) is 3.54. The fourth-order valence-electron chi connectivity index (χ4n) is 1.60. The Morgan fingerprint density at radius 3 is 2.75 bits per heavy atom. The van der Waals surface area contributed by atoms with Crippen LogP contribution in [0.5, 0.6) is 0 Å². The van der Waals surface area contributed by atoms with Crippen LogP contribution in [0.25, 0.3) is 11.1 Å². The number of aromatic amines is 1. The number of halogens is 1. The third-order valence-electron chi connectivity index (χ3n) is 2.43. The van der Waals surface area contributed by atoms with Gasteiger partial charge in [0.1, 0.15) is 11.5 Å². The zero-order valence-corrected chi connectivity index (χ0v) is 8.62. The zero-order valence-electron chi connectivity index (χ0n) is 8.62. The summed E-state index contributed by atoms with van der Waals surface area (Å²) in [5.41, 5.74) is 1.87. The number of aromatic carboxylic acids is 1. The van der Waals surface area contributed by atoms with E-state index in [-0.39, 0.29) is 11.5 Å². The molecule has 0 spiro atoms. The summed E-state index contributed by atoms with van der Waals surface area (Å²) in [5, 5.41) is 8.93. The van der Waals surface area contributed by atoms with Crippen LogP contribution in [0.1, 0.15) is 16.1 Å². The number of hydrogen-bond acceptors (Lipinski definition) is 1. The highest BCUT2D eigenvalue weighted by Gasteiger charge is 2.13. The van der Waals surface area contributed by atoms with E-state index in [0.717, 1.165) is 0 Å². The summed E-state index contributed by atoms with van der Waals surface area (Å²) in [4.78, 5) is 13.5. The Morgan fingerprint density at radius 1 is 1.38 bits per heavy atom. The van der Waals surface area contributed by atoms with Crippen molar-refractivity contribution < 1.29 is 14.3 Å². The SMILES string of the molecule is Cc1cc(-c2cc[nH]c2C(=O)O)ccc1F. The number of aryl methyl sites for hydroxylation is 1. The van der Waals surface area contributed by atoms with E-state index in [1.54, 1.807) is 31.3 Å². The molecule has 0 saturated carbocycles. The monoisotopic (exact) mass is 219 g/mol. The first-order valence-electron chi connectivity index (χ1n) is 4.77. The number of H-pyrrole nitrogens is 1. The van der Waals surface area contributed by atoms with Crippen molar-refractivity contribution in [2.75, 3.05) is 0 Å². The maximum atomic E-state index is 13.1. The van der Waals surface area contributed by atoms with E-state index in [4.69, 9.17) is 5.11 Å². The summed E-state index contributed by atoms with van der Waals surface area (Å²) in [6.07, 6.45) is 1.55. The van der Waals surface area contributed by atoms with Gasteiger partial charge in [0.05, 0.1) is 0 Å². The van der Waals surface area contributed by atoms with Crippen molar-refractivity contribution in [3.05, 3.63) is 47.5 Å². The maximum Gasteiger partial charge on any atom is 0.352 e. The standard InChI is InChI=1S/C12H10FNO2/c1-7-6-8(2-3-10(7)13)9-4-5-14-11(9)12(15)16/h2-6,14H,1H3,(H,15,16). The van der Waals surface area contributed by atoms with Crippen molar-refractivity contribution in [2.45, 2.75) is 6.92 Å². The lowest BCUT2D eigenvalue weighted by molar-refractivity contribution is 0.0692. The van der Waals surface area contributed by atoms with Crippen molar-refractivity contribution >= 4 is 5.97 Å². The van der Waals surface area contributed by atoms with Crippen LogP contribution < -0.4 is 0 Å². The number of carboxylic acids is 1. The van der Waals surface area contributed by atoms with Crippen molar-refractivity contribution in [2.24, 2.45) is 0 Å². The van der Waals surface area contributed by atoms with Gasteiger partial charge in [-0.25, -0.2) is 9.18 Å². The highest BCUT2D eigenvalue weighted by Crippen LogP contribution is 2.24. The molecule has 2 N–H and O–H groups in total. The number of rotatable bonds is 2. The molecular weight excluding hydrogens is 209 g/mol. The minimum absolute atomic E-state index is 0.117. The van der Waals surface area contributed by atoms with E-state index in [1.807, 2.05) is 0 Å². The molecule has 0 radical (unpaired) electrons. The van der Waals surface area contributed by atoms with Crippen LogP contribution in [0, 0.1) is 12.7 Å². The van der Waals surface area contributed by atoms with Crippen LogP contribution in [0.2, 0.25) is 0 Å². The number of aromatic nitrogens is 1. The molecule has 1 aromatic carbocycles. The predicted octanol–water partition coefficient (Wildman–Crippen LogP) is 2.83. The fourth-order valence-corrected chi connectivity index (χ4v) is 1.60. The van der Waals surface area contributed by atoms with Gasteiger partial charge in [0, 0.05) is 11.8 Å². The number of benzene rings is 1. The van der Waals surface area contributed by atoms with Gasteiger partial charge in [-0.2, -0.15) is 0 Å². The van der Waals surface area contributed by atoms with E-state index in [1.165, 1.54) is 6.07 Å². The van der Waals surface area contributed by atoms with Gasteiger partial charge in [0.15, 0.2) is 0 Å². The third kappa shape index (κ3) is 1.69. The van der Waals surface area contributed by atoms with Crippen LogP contribution in [-0.2, 0) is 0 Å². The number of carboxylic acid groups (broad SMARTS) is 1. The van der Waals surface area contributed by atoms with Crippen molar-refractivity contribution in [3.63, 3.8) is 0 Å². The molecule has 0 aliphatic carbocycles. The van der Waals surface area contributed by atoms with Gasteiger partial charge in [-0.3, -0.25) is 0 Å². The van der Waals surface area contributed by atoms with E-state index < -0.39 is 5.97 Å². The molecule has 3 nitrogen and oxygen atoms in total. The van der Waals surface area contributed by atoms with Crippen molar-refractivity contribution in [3.8, 4) is 11.1 Å². The molecule has 2 aromatic rings. The lowest BCUT2D eigenvalue weighted by Crippen LogP contribution is -1.98. The third-order valence-corrected chi connectivity index (χ3v) is 2.43. The first-order chi connectivity index (χ1) is 7.59. The Hall–Kier alpha value is -2.10. The largest absolute Gasteiger partial charge is 0.477 e. The molecule has 16 heavy (non-hydrogen) atoms. The summed E-state index contributed by atoms with van der Waals surface area (Å²) in [6, 6.07) is 6.20. The number of hydrogen-bond donors (Lipinski definition) is 2. The van der Waals surface area contributed by atoms with E-state index in [2.05, 4.69) is 4.98 Å². The molecule has 0 amide bonds. The first-order valence-corrected chi connectivity index (χ1v) is 4.77. The molecule has 4 heteroatoms. The normalized spacial score (nSPS) is 10.4. The molecule has 0 bridgehead atoms. The van der Waals surface area contributed by atoms with Crippen LogP contribution in [0.3, 0.4) is 0 Å². The van der Waals surface area contributed by atoms with Gasteiger partial charge in [0.2, 0.25) is 0 Å². The Labute approximate surface area is 91.5 Å². The van der Waals surface area contributed by atoms with Gasteiger partial charge in [0.25, 0.3) is 0 Å². The fraction of sp³-hybridized carbons (Fsp3) is 0.0833. The Kier molecular flexibility index (Phi) is 2.48. The average molecular weight is 219 g/mol. The molecular formula is C12H10FNO2. The molecule has 0 atom stereocenters. The average Bonchev–Trinajstić information content (AvgIpc) is 2.71. The maximum absolute atomic E-state index is 13.1. The van der Waals surface area contributed by atoms with Crippen molar-refractivity contribution in [1.82, 2.24) is 4.98 Å². The van der Waals surface area contributed by atoms with E-state index in [9.17, 15) is 9.18 Å². The number of carbonyl (C=O) groups is 1. The zero-order chi connectivity index (χ0) is 11.7. The molecule has 0 unspecified atom stereocenters. The molecule has 0 saturated heterocycles. The minimum atomic E-state index is -1.03. The summed E-state index contributed by atoms with van der Waals surface area (Å²) < 4.78 is 13.1. The molecule has 0 aliphatic rings. The van der Waals surface area contributed by atoms with Crippen LogP contribution in [-0.4, -0.2) is 16.1 Å². The highest BCUT2D eigenvalue weighted by molar-refractivity contribution is 5.94. The lowest BCUT2D eigenvalue weighted by Gasteiger charge is -2.03. The van der Waals surface area contributed by atoms with E-state index >= 15 is 0 Å². The molecule has 1 heterocycles. The first kappa shape index (κ1) is 10.4. The second kappa shape index (κ2) is 3.81. The Balaban J connectivity index is 2.54. The second-order valence-electron chi connectivity index (χ2n) is 3.54. The molecule has 2 rings (SSSR count). The van der Waals surface area contributed by atoms with Crippen LogP contribution in [0.4, 0.5) is 4.39 Å². The Bertz CT molecular complexity index is 546. The smallest absolute Gasteiger partial charge is 0.352 e. The van der Waals surface area contributed by atoms with E-state index in [0.29, 0.717) is 16.7 Å². The van der Waals surface area contributed by atoms with Crippen molar-refractivity contribution in [1.29, 1.82) is 0 Å².